The van der Waals surface area contributed by atoms with E-state index in [9.17, 15) is 9.59 Å². The molecule has 1 aliphatic carbocycles. The topological polar surface area (TPSA) is 67.4 Å². The van der Waals surface area contributed by atoms with E-state index >= 15 is 0 Å². The molecule has 2 atom stereocenters. The highest BCUT2D eigenvalue weighted by molar-refractivity contribution is 6.03. The van der Waals surface area contributed by atoms with Crippen molar-refractivity contribution in [2.24, 2.45) is 0 Å². The van der Waals surface area contributed by atoms with Gasteiger partial charge in [0.25, 0.3) is 11.8 Å². The van der Waals surface area contributed by atoms with Gasteiger partial charge >= 0.3 is 0 Å². The largest absolute Gasteiger partial charge is 0.481 e. The predicted octanol–water partition coefficient (Wildman–Crippen LogP) is 3.00. The van der Waals surface area contributed by atoms with Gasteiger partial charge in [0, 0.05) is 0 Å². The van der Waals surface area contributed by atoms with Crippen LogP contribution in [-0.2, 0) is 4.79 Å². The number of rotatable bonds is 2. The number of carbonyl (C=O) groups excluding carboxylic acids is 2. The van der Waals surface area contributed by atoms with Crippen LogP contribution in [0.5, 0.6) is 5.75 Å². The molecule has 2 aromatic carbocycles. The Morgan fingerprint density at radius 2 is 1.96 bits per heavy atom. The third kappa shape index (κ3) is 2.42. The van der Waals surface area contributed by atoms with Crippen LogP contribution in [-0.4, -0.2) is 18.4 Å². The van der Waals surface area contributed by atoms with E-state index in [-0.39, 0.29) is 24.5 Å². The number of benzene rings is 2. The molecule has 0 radical (unpaired) electrons. The van der Waals surface area contributed by atoms with Crippen LogP contribution >= 0.6 is 0 Å². The molecule has 2 N–H and O–H groups in total. The van der Waals surface area contributed by atoms with E-state index in [1.54, 1.807) is 18.2 Å². The van der Waals surface area contributed by atoms with Crippen LogP contribution in [0, 0.1) is 0 Å². The van der Waals surface area contributed by atoms with Crippen LogP contribution < -0.4 is 15.4 Å². The van der Waals surface area contributed by atoms with Crippen molar-refractivity contribution in [1.82, 2.24) is 5.32 Å². The lowest BCUT2D eigenvalue weighted by molar-refractivity contribution is -0.118. The maximum atomic E-state index is 12.8. The van der Waals surface area contributed by atoms with Gasteiger partial charge in [-0.15, -0.1) is 0 Å². The Kier molecular flexibility index (Phi) is 3.49. The second kappa shape index (κ2) is 5.67. The molecule has 5 nitrogen and oxygen atoms in total. The fourth-order valence-corrected chi connectivity index (χ4v) is 3.55. The minimum absolute atomic E-state index is 0.00209. The average Bonchev–Trinajstić information content (AvgIpc) is 2.90. The molecule has 2 amide bonds. The molecule has 0 saturated heterocycles. The summed E-state index contributed by atoms with van der Waals surface area (Å²) in [4.78, 5) is 24.2. The van der Waals surface area contributed by atoms with Crippen molar-refractivity contribution >= 4 is 17.5 Å². The van der Waals surface area contributed by atoms with Crippen molar-refractivity contribution in [2.75, 3.05) is 11.9 Å². The molecule has 0 saturated carbocycles. The van der Waals surface area contributed by atoms with Crippen LogP contribution in [0.3, 0.4) is 0 Å². The zero-order valence-corrected chi connectivity index (χ0v) is 13.3. The van der Waals surface area contributed by atoms with Crippen molar-refractivity contribution in [3.63, 3.8) is 0 Å². The van der Waals surface area contributed by atoms with E-state index in [1.165, 1.54) is 11.1 Å². The molecule has 0 unspecified atom stereocenters. The van der Waals surface area contributed by atoms with Crippen LogP contribution in [0.2, 0.25) is 0 Å². The zero-order chi connectivity index (χ0) is 16.7. The van der Waals surface area contributed by atoms with Gasteiger partial charge in [-0.05, 0) is 35.6 Å². The summed E-state index contributed by atoms with van der Waals surface area (Å²) in [6.07, 6.45) is 0.887. The number of ether oxygens (including phenoxy) is 1. The Labute approximate surface area is 140 Å². The van der Waals surface area contributed by atoms with E-state index in [4.69, 9.17) is 4.74 Å². The molecule has 1 aliphatic heterocycles. The first-order valence-electron chi connectivity index (χ1n) is 8.09. The normalized spacial score (nSPS) is 21.3. The zero-order valence-electron chi connectivity index (χ0n) is 13.3. The van der Waals surface area contributed by atoms with Gasteiger partial charge in [-0.3, -0.25) is 9.59 Å². The summed E-state index contributed by atoms with van der Waals surface area (Å²) in [5, 5.41) is 5.84. The molecule has 24 heavy (non-hydrogen) atoms. The number of carbonyl (C=O) groups is 2. The molecule has 1 heterocycles. The summed E-state index contributed by atoms with van der Waals surface area (Å²) < 4.78 is 5.47. The fraction of sp³-hybridized carbons (Fsp3) is 0.263. The Bertz CT molecular complexity index is 831. The number of amides is 2. The fourth-order valence-electron chi connectivity index (χ4n) is 3.55. The molecule has 0 bridgehead atoms. The number of para-hydroxylation sites is 1. The first-order chi connectivity index (χ1) is 11.6. The minimum Gasteiger partial charge on any atom is -0.481 e. The highest BCUT2D eigenvalue weighted by Crippen LogP contribution is 2.40. The Morgan fingerprint density at radius 3 is 2.79 bits per heavy atom. The maximum absolute atomic E-state index is 12.8. The molecule has 122 valence electrons. The highest BCUT2D eigenvalue weighted by Gasteiger charge is 2.30. The van der Waals surface area contributed by atoms with Gasteiger partial charge in [0.1, 0.15) is 0 Å². The molecule has 2 aliphatic rings. The average molecular weight is 322 g/mol. The second-order valence-corrected chi connectivity index (χ2v) is 6.31. The Hall–Kier alpha value is -2.82. The SMILES string of the molecule is C[C@H]1C[C@H](NC(=O)c2cccc3c2OCC(=O)N3)c2ccccc21. The number of nitrogens with one attached hydrogen (secondary N) is 2. The molecular formula is C19H18N2O3. The number of hydrogen-bond donors (Lipinski definition) is 2. The van der Waals surface area contributed by atoms with Gasteiger partial charge in [0.05, 0.1) is 17.3 Å². The first-order valence-corrected chi connectivity index (χ1v) is 8.09. The van der Waals surface area contributed by atoms with Gasteiger partial charge in [0.2, 0.25) is 0 Å². The lowest BCUT2D eigenvalue weighted by Gasteiger charge is -2.21. The monoisotopic (exact) mass is 322 g/mol. The first kappa shape index (κ1) is 14.8. The van der Waals surface area contributed by atoms with Crippen LogP contribution in [0.25, 0.3) is 0 Å². The smallest absolute Gasteiger partial charge is 0.262 e. The molecule has 0 aromatic heterocycles. The number of fused-ring (bicyclic) bond motifs is 2. The van der Waals surface area contributed by atoms with Crippen molar-refractivity contribution < 1.29 is 14.3 Å². The standard InChI is InChI=1S/C19H18N2O3/c1-11-9-16(13-6-3-2-5-12(11)13)21-19(23)14-7-4-8-15-18(14)24-10-17(22)20-15/h2-8,11,16H,9-10H2,1H3,(H,20,22)(H,21,23)/t11-,16-/m0/s1. The van der Waals surface area contributed by atoms with Crippen molar-refractivity contribution in [1.29, 1.82) is 0 Å². The summed E-state index contributed by atoms with van der Waals surface area (Å²) in [5.41, 5.74) is 3.46. The van der Waals surface area contributed by atoms with Crippen LogP contribution in [0.1, 0.15) is 46.8 Å². The van der Waals surface area contributed by atoms with Gasteiger partial charge in [-0.1, -0.05) is 37.3 Å². The van der Waals surface area contributed by atoms with Gasteiger partial charge in [0.15, 0.2) is 12.4 Å². The van der Waals surface area contributed by atoms with E-state index in [2.05, 4.69) is 29.7 Å². The second-order valence-electron chi connectivity index (χ2n) is 6.31. The number of anilines is 1. The summed E-state index contributed by atoms with van der Waals surface area (Å²) in [6.45, 7) is 2.11. The predicted molar refractivity (Wildman–Crippen MR) is 90.2 cm³/mol. The molecule has 5 heteroatoms. The van der Waals surface area contributed by atoms with Gasteiger partial charge in [-0.25, -0.2) is 0 Å². The molecule has 4 rings (SSSR count). The van der Waals surface area contributed by atoms with E-state index < -0.39 is 0 Å². The third-order valence-corrected chi connectivity index (χ3v) is 4.68. The summed E-state index contributed by atoms with van der Waals surface area (Å²) in [7, 11) is 0. The summed E-state index contributed by atoms with van der Waals surface area (Å²) in [6, 6.07) is 13.4. The molecule has 0 spiro atoms. The van der Waals surface area contributed by atoms with Gasteiger partial charge < -0.3 is 15.4 Å². The molecule has 0 fully saturated rings. The van der Waals surface area contributed by atoms with Crippen LogP contribution in [0.15, 0.2) is 42.5 Å². The third-order valence-electron chi connectivity index (χ3n) is 4.68. The quantitative estimate of drug-likeness (QED) is 0.893. The summed E-state index contributed by atoms with van der Waals surface area (Å²) >= 11 is 0. The number of hydrogen-bond acceptors (Lipinski definition) is 3. The molecule has 2 aromatic rings. The van der Waals surface area contributed by atoms with E-state index in [0.29, 0.717) is 22.9 Å². The Balaban J connectivity index is 1.60. The Morgan fingerprint density at radius 1 is 1.17 bits per heavy atom. The molecular weight excluding hydrogens is 304 g/mol. The van der Waals surface area contributed by atoms with E-state index in [0.717, 1.165) is 6.42 Å². The minimum atomic E-state index is -0.210. The highest BCUT2D eigenvalue weighted by atomic mass is 16.5. The van der Waals surface area contributed by atoms with Gasteiger partial charge in [-0.2, -0.15) is 0 Å². The van der Waals surface area contributed by atoms with Crippen LogP contribution in [0.4, 0.5) is 5.69 Å². The lowest BCUT2D eigenvalue weighted by Crippen LogP contribution is -2.30. The van der Waals surface area contributed by atoms with Crippen molar-refractivity contribution in [2.45, 2.75) is 25.3 Å². The van der Waals surface area contributed by atoms with Crippen molar-refractivity contribution in [3.8, 4) is 5.75 Å². The van der Waals surface area contributed by atoms with Crippen molar-refractivity contribution in [3.05, 3.63) is 59.2 Å². The lowest BCUT2D eigenvalue weighted by atomic mass is 10.0. The summed E-state index contributed by atoms with van der Waals surface area (Å²) in [5.74, 6) is 0.469. The maximum Gasteiger partial charge on any atom is 0.262 e. The van der Waals surface area contributed by atoms with E-state index in [1.807, 2.05) is 12.1 Å².